The summed E-state index contributed by atoms with van der Waals surface area (Å²) >= 11 is 1.50. The van der Waals surface area contributed by atoms with Crippen LogP contribution < -0.4 is 15.5 Å². The summed E-state index contributed by atoms with van der Waals surface area (Å²) in [6.07, 6.45) is 3.85. The number of hydrogen-bond acceptors (Lipinski definition) is 7. The van der Waals surface area contributed by atoms with Crippen molar-refractivity contribution in [2.45, 2.75) is 51.5 Å². The minimum absolute atomic E-state index is 0.0541. The summed E-state index contributed by atoms with van der Waals surface area (Å²) in [5.74, 6) is 0.213. The van der Waals surface area contributed by atoms with Crippen molar-refractivity contribution in [1.29, 1.82) is 0 Å². The standard InChI is InChI=1S/C37H52N6O4S/c1-28-27-33(48-35(28)36(45)41(4)24-21-38-2)39-20-12-6-9-17-34(44)40(3)25-26-42-22-18-30(19-23-42)43(37(46)47)32-16-11-10-15-31(32)29-13-7-5-8-14-29/h5,7-8,10-11,13-16,27,30,38-39H,6,9,12,17-26H2,1-4H3,(H,46,47). The van der Waals surface area contributed by atoms with Crippen molar-refractivity contribution in [3.63, 3.8) is 0 Å². The third-order valence-electron chi connectivity index (χ3n) is 9.08. The molecular weight excluding hydrogens is 625 g/mol. The molecule has 0 aliphatic carbocycles. The first-order valence-corrected chi connectivity index (χ1v) is 17.9. The lowest BCUT2D eigenvalue weighted by molar-refractivity contribution is -0.130. The number of para-hydroxylation sites is 1. The first-order chi connectivity index (χ1) is 23.2. The van der Waals surface area contributed by atoms with Crippen LogP contribution in [0.1, 0.15) is 53.8 Å². The number of aryl methyl sites for hydroxylation is 1. The van der Waals surface area contributed by atoms with E-state index in [1.807, 2.05) is 93.6 Å². The summed E-state index contributed by atoms with van der Waals surface area (Å²) in [5, 5.41) is 17.8. The van der Waals surface area contributed by atoms with Crippen molar-refractivity contribution in [1.82, 2.24) is 20.0 Å². The first-order valence-electron chi connectivity index (χ1n) is 17.1. The number of hydrogen-bond donors (Lipinski definition) is 3. The van der Waals surface area contributed by atoms with E-state index >= 15 is 0 Å². The molecule has 0 bridgehead atoms. The minimum atomic E-state index is -0.926. The Kier molecular flexibility index (Phi) is 14.3. The molecule has 0 radical (unpaired) electrons. The highest BCUT2D eigenvalue weighted by molar-refractivity contribution is 7.18. The number of nitrogens with zero attached hydrogens (tertiary/aromatic N) is 4. The lowest BCUT2D eigenvalue weighted by atomic mass is 9.98. The van der Waals surface area contributed by atoms with Crippen LogP contribution in [0.4, 0.5) is 15.5 Å². The Bertz CT molecular complexity index is 1470. The van der Waals surface area contributed by atoms with E-state index in [2.05, 4.69) is 15.5 Å². The molecule has 4 rings (SSSR count). The number of anilines is 2. The van der Waals surface area contributed by atoms with Gasteiger partial charge in [-0.1, -0.05) is 55.0 Å². The molecule has 3 N–H and O–H groups in total. The molecule has 260 valence electrons. The van der Waals surface area contributed by atoms with Gasteiger partial charge in [-0.25, -0.2) is 4.79 Å². The molecule has 11 heteroatoms. The highest BCUT2D eigenvalue weighted by atomic mass is 32.1. The van der Waals surface area contributed by atoms with E-state index in [0.717, 1.165) is 97.1 Å². The Labute approximate surface area is 289 Å². The van der Waals surface area contributed by atoms with Crippen LogP contribution in [0.15, 0.2) is 60.7 Å². The van der Waals surface area contributed by atoms with Crippen molar-refractivity contribution in [3.05, 3.63) is 71.1 Å². The summed E-state index contributed by atoms with van der Waals surface area (Å²) < 4.78 is 0. The second-order valence-electron chi connectivity index (χ2n) is 12.6. The number of carboxylic acid groups (broad SMARTS) is 1. The molecule has 0 spiro atoms. The molecule has 2 heterocycles. The molecule has 1 aromatic heterocycles. The molecule has 0 saturated carbocycles. The summed E-state index contributed by atoms with van der Waals surface area (Å²) in [7, 11) is 5.58. The number of carbonyl (C=O) groups is 3. The SMILES string of the molecule is CNCCN(C)C(=O)c1sc(NCCCCCC(=O)N(C)CCN2CCC(N(C(=O)O)c3ccccc3-c3ccccc3)CC2)cc1C. The van der Waals surface area contributed by atoms with Gasteiger partial charge in [0.15, 0.2) is 0 Å². The van der Waals surface area contributed by atoms with Gasteiger partial charge in [-0.3, -0.25) is 14.5 Å². The maximum Gasteiger partial charge on any atom is 0.412 e. The van der Waals surface area contributed by atoms with E-state index < -0.39 is 6.09 Å². The quantitative estimate of drug-likeness (QED) is 0.149. The fourth-order valence-electron chi connectivity index (χ4n) is 6.14. The fraction of sp³-hybridized carbons (Fsp3) is 0.486. The Morgan fingerprint density at radius 3 is 2.33 bits per heavy atom. The largest absolute Gasteiger partial charge is 0.465 e. The van der Waals surface area contributed by atoms with Crippen molar-refractivity contribution in [2.24, 2.45) is 0 Å². The van der Waals surface area contributed by atoms with E-state index in [1.54, 1.807) is 9.80 Å². The van der Waals surface area contributed by atoms with E-state index in [4.69, 9.17) is 0 Å². The number of piperidine rings is 1. The lowest BCUT2D eigenvalue weighted by Gasteiger charge is -2.38. The minimum Gasteiger partial charge on any atom is -0.465 e. The van der Waals surface area contributed by atoms with Gasteiger partial charge in [0.1, 0.15) is 0 Å². The third kappa shape index (κ3) is 10.3. The van der Waals surface area contributed by atoms with Gasteiger partial charge in [0, 0.05) is 77.9 Å². The molecule has 48 heavy (non-hydrogen) atoms. The second-order valence-corrected chi connectivity index (χ2v) is 13.7. The molecule has 1 aliphatic rings. The van der Waals surface area contributed by atoms with Gasteiger partial charge in [-0.05, 0) is 62.9 Å². The number of nitrogens with one attached hydrogen (secondary N) is 2. The molecule has 1 aliphatic heterocycles. The van der Waals surface area contributed by atoms with Crippen LogP contribution in [-0.2, 0) is 4.79 Å². The van der Waals surface area contributed by atoms with Crippen LogP contribution in [0.2, 0.25) is 0 Å². The maximum atomic E-state index is 12.8. The number of likely N-dealkylation sites (tertiary alicyclic amines) is 1. The fourth-order valence-corrected chi connectivity index (χ4v) is 7.23. The number of benzene rings is 2. The highest BCUT2D eigenvalue weighted by Crippen LogP contribution is 2.34. The molecule has 1 fully saturated rings. The van der Waals surface area contributed by atoms with Gasteiger partial charge in [-0.15, -0.1) is 11.3 Å². The monoisotopic (exact) mass is 676 g/mol. The number of thiophene rings is 1. The molecule has 2 aromatic carbocycles. The Morgan fingerprint density at radius 1 is 0.917 bits per heavy atom. The normalized spacial score (nSPS) is 13.7. The summed E-state index contributed by atoms with van der Waals surface area (Å²) in [6, 6.07) is 19.6. The molecule has 1 saturated heterocycles. The molecule has 3 aromatic rings. The predicted molar refractivity (Wildman–Crippen MR) is 196 cm³/mol. The Morgan fingerprint density at radius 2 is 1.62 bits per heavy atom. The van der Waals surface area contributed by atoms with Gasteiger partial charge >= 0.3 is 6.09 Å². The zero-order valence-electron chi connectivity index (χ0n) is 28.9. The highest BCUT2D eigenvalue weighted by Gasteiger charge is 2.30. The van der Waals surface area contributed by atoms with Gasteiger partial charge in [0.05, 0.1) is 15.6 Å². The van der Waals surface area contributed by atoms with Gasteiger partial charge in [0.2, 0.25) is 5.91 Å². The number of unbranched alkanes of at least 4 members (excludes halogenated alkanes) is 2. The Balaban J connectivity index is 1.14. The number of rotatable bonds is 17. The number of likely N-dealkylation sites (N-methyl/N-ethyl adjacent to an activating group) is 3. The molecule has 10 nitrogen and oxygen atoms in total. The predicted octanol–water partition coefficient (Wildman–Crippen LogP) is 6.09. The van der Waals surface area contributed by atoms with Crippen LogP contribution in [0, 0.1) is 6.92 Å². The van der Waals surface area contributed by atoms with Crippen molar-refractivity contribution >= 4 is 39.9 Å². The van der Waals surface area contributed by atoms with Gasteiger partial charge < -0.3 is 30.4 Å². The van der Waals surface area contributed by atoms with Crippen LogP contribution in [0.25, 0.3) is 11.1 Å². The Hall–Kier alpha value is -3.93. The zero-order valence-corrected chi connectivity index (χ0v) is 29.7. The molecule has 0 atom stereocenters. The first kappa shape index (κ1) is 36.9. The average molecular weight is 677 g/mol. The lowest BCUT2D eigenvalue weighted by Crippen LogP contribution is -2.48. The number of carbonyl (C=O) groups excluding carboxylic acids is 2. The van der Waals surface area contributed by atoms with E-state index in [9.17, 15) is 19.5 Å². The molecule has 0 unspecified atom stereocenters. The zero-order chi connectivity index (χ0) is 34.5. The molecule has 3 amide bonds. The summed E-state index contributed by atoms with van der Waals surface area (Å²) in [5.41, 5.74) is 3.64. The van der Waals surface area contributed by atoms with Crippen LogP contribution in [0.5, 0.6) is 0 Å². The van der Waals surface area contributed by atoms with Crippen molar-refractivity contribution in [3.8, 4) is 11.1 Å². The average Bonchev–Trinajstić information content (AvgIpc) is 3.48. The summed E-state index contributed by atoms with van der Waals surface area (Å²) in [6.45, 7) is 7.24. The van der Waals surface area contributed by atoms with Gasteiger partial charge in [0.25, 0.3) is 5.91 Å². The van der Waals surface area contributed by atoms with Crippen molar-refractivity contribution < 1.29 is 19.5 Å². The summed E-state index contributed by atoms with van der Waals surface area (Å²) in [4.78, 5) is 46.3. The topological polar surface area (TPSA) is 108 Å². The number of amides is 3. The second kappa shape index (κ2) is 18.6. The smallest absolute Gasteiger partial charge is 0.412 e. The van der Waals surface area contributed by atoms with E-state index in [1.165, 1.54) is 11.3 Å². The maximum absolute atomic E-state index is 12.8. The molecular formula is C37H52N6O4S. The van der Waals surface area contributed by atoms with Crippen LogP contribution in [0.3, 0.4) is 0 Å². The van der Waals surface area contributed by atoms with Crippen LogP contribution in [-0.4, -0.2) is 111 Å². The third-order valence-corrected chi connectivity index (χ3v) is 10.3. The van der Waals surface area contributed by atoms with Gasteiger partial charge in [-0.2, -0.15) is 0 Å². The van der Waals surface area contributed by atoms with Crippen LogP contribution >= 0.6 is 11.3 Å². The van der Waals surface area contributed by atoms with E-state index in [0.29, 0.717) is 19.5 Å². The van der Waals surface area contributed by atoms with E-state index in [-0.39, 0.29) is 17.9 Å². The van der Waals surface area contributed by atoms with Crippen molar-refractivity contribution in [2.75, 3.05) is 77.2 Å².